The molecular formula is C15H14N2O4. The fraction of sp³-hybridized carbons (Fsp3) is 0.133. The minimum absolute atomic E-state index is 0.0113. The number of carbonyl (C=O) groups excluding carboxylic acids is 1. The average molecular weight is 286 g/mol. The Bertz CT molecular complexity index is 726. The zero-order valence-corrected chi connectivity index (χ0v) is 11.6. The normalized spacial score (nSPS) is 10.2. The zero-order valence-electron chi connectivity index (χ0n) is 11.6. The van der Waals surface area contributed by atoms with Gasteiger partial charge in [-0.05, 0) is 37.6 Å². The lowest BCUT2D eigenvalue weighted by Gasteiger charge is -2.10. The molecule has 1 amide bonds. The SMILES string of the molecule is Cc1ccc([N+](=O)[O-])c(C(=O)Nc2cccc(O)c2C)c1. The first kappa shape index (κ1) is 14.5. The minimum atomic E-state index is -0.594. The standard InChI is InChI=1S/C15H14N2O4/c1-9-6-7-13(17(20)21)11(8-9)15(19)16-12-4-3-5-14(18)10(12)2/h3-8,18H,1-2H3,(H,16,19). The largest absolute Gasteiger partial charge is 0.508 e. The van der Waals surface area contributed by atoms with Crippen molar-refractivity contribution in [2.45, 2.75) is 13.8 Å². The molecule has 21 heavy (non-hydrogen) atoms. The maximum absolute atomic E-state index is 12.3. The fourth-order valence-electron chi connectivity index (χ4n) is 1.94. The molecule has 2 aromatic rings. The van der Waals surface area contributed by atoms with Crippen LogP contribution in [0.2, 0.25) is 0 Å². The highest BCUT2D eigenvalue weighted by Crippen LogP contribution is 2.26. The van der Waals surface area contributed by atoms with Crippen LogP contribution >= 0.6 is 0 Å². The van der Waals surface area contributed by atoms with E-state index in [4.69, 9.17) is 0 Å². The predicted molar refractivity (Wildman–Crippen MR) is 78.6 cm³/mol. The molecule has 0 fully saturated rings. The first-order valence-electron chi connectivity index (χ1n) is 6.25. The molecule has 0 aliphatic heterocycles. The molecule has 0 aliphatic carbocycles. The van der Waals surface area contributed by atoms with Gasteiger partial charge in [-0.2, -0.15) is 0 Å². The molecule has 0 aliphatic rings. The van der Waals surface area contributed by atoms with Gasteiger partial charge < -0.3 is 10.4 Å². The van der Waals surface area contributed by atoms with Gasteiger partial charge in [-0.15, -0.1) is 0 Å². The smallest absolute Gasteiger partial charge is 0.282 e. The van der Waals surface area contributed by atoms with Gasteiger partial charge in [-0.1, -0.05) is 12.1 Å². The number of hydrogen-bond acceptors (Lipinski definition) is 4. The molecule has 0 saturated heterocycles. The van der Waals surface area contributed by atoms with Gasteiger partial charge in [0, 0.05) is 17.3 Å². The number of anilines is 1. The van der Waals surface area contributed by atoms with Gasteiger partial charge in [0.05, 0.1) is 4.92 Å². The number of phenolic OH excluding ortho intramolecular Hbond substituents is 1. The Hall–Kier alpha value is -2.89. The summed E-state index contributed by atoms with van der Waals surface area (Å²) >= 11 is 0. The Kier molecular flexibility index (Phi) is 3.89. The molecule has 0 radical (unpaired) electrons. The highest BCUT2D eigenvalue weighted by atomic mass is 16.6. The molecule has 2 N–H and O–H groups in total. The van der Waals surface area contributed by atoms with E-state index in [9.17, 15) is 20.0 Å². The molecule has 0 unspecified atom stereocenters. The number of carbonyl (C=O) groups is 1. The second-order valence-corrected chi connectivity index (χ2v) is 4.68. The number of nitro groups is 1. The molecular weight excluding hydrogens is 272 g/mol. The van der Waals surface area contributed by atoms with Gasteiger partial charge in [0.2, 0.25) is 0 Å². The predicted octanol–water partition coefficient (Wildman–Crippen LogP) is 3.17. The summed E-state index contributed by atoms with van der Waals surface area (Å²) in [7, 11) is 0. The van der Waals surface area contributed by atoms with E-state index in [2.05, 4.69) is 5.32 Å². The maximum atomic E-state index is 12.3. The average Bonchev–Trinajstić information content (AvgIpc) is 2.43. The van der Waals surface area contributed by atoms with Gasteiger partial charge >= 0.3 is 0 Å². The molecule has 2 rings (SSSR count). The van der Waals surface area contributed by atoms with Crippen LogP contribution in [0, 0.1) is 24.0 Å². The van der Waals surface area contributed by atoms with Crippen LogP contribution in [0.4, 0.5) is 11.4 Å². The van der Waals surface area contributed by atoms with E-state index in [1.54, 1.807) is 32.0 Å². The summed E-state index contributed by atoms with van der Waals surface area (Å²) in [6.07, 6.45) is 0. The van der Waals surface area contributed by atoms with Gasteiger partial charge in [0.15, 0.2) is 0 Å². The van der Waals surface area contributed by atoms with E-state index in [1.165, 1.54) is 18.2 Å². The second kappa shape index (κ2) is 5.62. The maximum Gasteiger partial charge on any atom is 0.282 e. The van der Waals surface area contributed by atoms with E-state index in [0.29, 0.717) is 11.3 Å². The molecule has 0 aromatic heterocycles. The lowest BCUT2D eigenvalue weighted by Crippen LogP contribution is -2.15. The summed E-state index contributed by atoms with van der Waals surface area (Å²) in [4.78, 5) is 22.7. The number of nitro benzene ring substituents is 1. The number of phenols is 1. The van der Waals surface area contributed by atoms with Crippen LogP contribution in [0.25, 0.3) is 0 Å². The van der Waals surface area contributed by atoms with Gasteiger partial charge in [0.1, 0.15) is 11.3 Å². The van der Waals surface area contributed by atoms with Gasteiger partial charge in [-0.3, -0.25) is 14.9 Å². The number of nitrogens with one attached hydrogen (secondary N) is 1. The summed E-state index contributed by atoms with van der Waals surface area (Å²) in [5, 5.41) is 23.2. The summed E-state index contributed by atoms with van der Waals surface area (Å²) in [6.45, 7) is 3.40. The molecule has 0 saturated carbocycles. The third-order valence-corrected chi connectivity index (χ3v) is 3.15. The second-order valence-electron chi connectivity index (χ2n) is 4.68. The van der Waals surface area contributed by atoms with Crippen molar-refractivity contribution in [3.8, 4) is 5.75 Å². The number of amides is 1. The fourth-order valence-corrected chi connectivity index (χ4v) is 1.94. The first-order chi connectivity index (χ1) is 9.90. The molecule has 0 spiro atoms. The Labute approximate surface area is 121 Å². The van der Waals surface area contributed by atoms with Gasteiger partial charge in [-0.25, -0.2) is 0 Å². The Balaban J connectivity index is 2.39. The van der Waals surface area contributed by atoms with Crippen molar-refractivity contribution in [1.29, 1.82) is 0 Å². The van der Waals surface area contributed by atoms with Crippen molar-refractivity contribution >= 4 is 17.3 Å². The molecule has 0 bridgehead atoms. The number of rotatable bonds is 3. The monoisotopic (exact) mass is 286 g/mol. The van der Waals surface area contributed by atoms with E-state index in [-0.39, 0.29) is 17.0 Å². The molecule has 0 atom stereocenters. The van der Waals surface area contributed by atoms with E-state index < -0.39 is 10.8 Å². The Morgan fingerprint density at radius 2 is 1.95 bits per heavy atom. The van der Waals surface area contributed by atoms with Crippen molar-refractivity contribution in [2.24, 2.45) is 0 Å². The van der Waals surface area contributed by atoms with Crippen LogP contribution in [0.3, 0.4) is 0 Å². The van der Waals surface area contributed by atoms with Crippen molar-refractivity contribution in [2.75, 3.05) is 5.32 Å². The number of benzene rings is 2. The summed E-state index contributed by atoms with van der Waals surface area (Å²) in [6, 6.07) is 9.05. The van der Waals surface area contributed by atoms with Crippen LogP contribution in [0.15, 0.2) is 36.4 Å². The lowest BCUT2D eigenvalue weighted by molar-refractivity contribution is -0.385. The van der Waals surface area contributed by atoms with Crippen LogP contribution < -0.4 is 5.32 Å². The number of nitrogens with zero attached hydrogens (tertiary/aromatic N) is 1. The Morgan fingerprint density at radius 3 is 2.62 bits per heavy atom. The van der Waals surface area contributed by atoms with Crippen LogP contribution in [0.5, 0.6) is 5.75 Å². The van der Waals surface area contributed by atoms with E-state index >= 15 is 0 Å². The molecule has 6 heteroatoms. The van der Waals surface area contributed by atoms with Crippen molar-refractivity contribution < 1.29 is 14.8 Å². The number of aryl methyl sites for hydroxylation is 1. The van der Waals surface area contributed by atoms with Crippen LogP contribution in [0.1, 0.15) is 21.5 Å². The number of hydrogen-bond donors (Lipinski definition) is 2. The topological polar surface area (TPSA) is 92.5 Å². The van der Waals surface area contributed by atoms with Crippen LogP contribution in [-0.2, 0) is 0 Å². The quantitative estimate of drug-likeness (QED) is 0.669. The molecule has 108 valence electrons. The third kappa shape index (κ3) is 3.00. The molecule has 0 heterocycles. The minimum Gasteiger partial charge on any atom is -0.508 e. The zero-order chi connectivity index (χ0) is 15.6. The molecule has 2 aromatic carbocycles. The molecule has 6 nitrogen and oxygen atoms in total. The van der Waals surface area contributed by atoms with Gasteiger partial charge in [0.25, 0.3) is 11.6 Å². The van der Waals surface area contributed by atoms with E-state index in [0.717, 1.165) is 5.56 Å². The van der Waals surface area contributed by atoms with Crippen molar-refractivity contribution in [1.82, 2.24) is 0 Å². The van der Waals surface area contributed by atoms with E-state index in [1.807, 2.05) is 0 Å². The van der Waals surface area contributed by atoms with Crippen molar-refractivity contribution in [3.05, 3.63) is 63.2 Å². The highest BCUT2D eigenvalue weighted by molar-refractivity contribution is 6.07. The summed E-state index contributed by atoms with van der Waals surface area (Å²) in [5.41, 5.74) is 1.40. The summed E-state index contributed by atoms with van der Waals surface area (Å²) in [5.74, 6) is -0.536. The third-order valence-electron chi connectivity index (χ3n) is 3.15. The Morgan fingerprint density at radius 1 is 1.24 bits per heavy atom. The van der Waals surface area contributed by atoms with Crippen LogP contribution in [-0.4, -0.2) is 15.9 Å². The first-order valence-corrected chi connectivity index (χ1v) is 6.25. The van der Waals surface area contributed by atoms with Crippen molar-refractivity contribution in [3.63, 3.8) is 0 Å². The lowest BCUT2D eigenvalue weighted by atomic mass is 10.1. The number of aromatic hydroxyl groups is 1. The summed E-state index contributed by atoms with van der Waals surface area (Å²) < 4.78 is 0. The highest BCUT2D eigenvalue weighted by Gasteiger charge is 2.20.